The van der Waals surface area contributed by atoms with Gasteiger partial charge in [-0.3, -0.25) is 14.4 Å². The van der Waals surface area contributed by atoms with E-state index in [1.165, 1.54) is 10.6 Å². The van der Waals surface area contributed by atoms with E-state index in [4.69, 9.17) is 4.74 Å². The Morgan fingerprint density at radius 2 is 1.92 bits per heavy atom. The van der Waals surface area contributed by atoms with E-state index in [-0.39, 0.29) is 47.9 Å². The van der Waals surface area contributed by atoms with Gasteiger partial charge in [-0.2, -0.15) is 0 Å². The largest absolute Gasteiger partial charge is 0.440 e. The molecule has 0 bridgehead atoms. The summed E-state index contributed by atoms with van der Waals surface area (Å²) < 4.78 is 6.76. The minimum Gasteiger partial charge on any atom is -0.440 e. The number of nitrogens with zero attached hydrogens (tertiary/aromatic N) is 2. The summed E-state index contributed by atoms with van der Waals surface area (Å²) >= 11 is 0. The lowest BCUT2D eigenvalue weighted by molar-refractivity contribution is -0.152. The molecule has 1 atom stereocenters. The topological polar surface area (TPSA) is 85.7 Å². The number of ether oxygens (including phenoxy) is 1. The van der Waals surface area contributed by atoms with Gasteiger partial charge in [0.05, 0.1) is 5.69 Å². The molecule has 7 heteroatoms. The Labute approximate surface area is 139 Å². The number of ketones is 1. The summed E-state index contributed by atoms with van der Waals surface area (Å²) in [5, 5.41) is 0. The summed E-state index contributed by atoms with van der Waals surface area (Å²) in [4.78, 5) is 51.6. The Bertz CT molecular complexity index is 806. The normalized spacial score (nSPS) is 21.5. The molecule has 1 aromatic heterocycles. The third-order valence-corrected chi connectivity index (χ3v) is 4.95. The molecule has 128 valence electrons. The van der Waals surface area contributed by atoms with Crippen LogP contribution in [0.2, 0.25) is 0 Å². The Hall–Kier alpha value is -2.44. The number of hydrogen-bond acceptors (Lipinski definition) is 5. The number of hydrogen-bond donors (Lipinski definition) is 0. The second kappa shape index (κ2) is 5.58. The highest BCUT2D eigenvalue weighted by atomic mass is 16.6. The van der Waals surface area contributed by atoms with Crippen molar-refractivity contribution in [2.75, 3.05) is 13.1 Å². The predicted octanol–water partition coefficient (Wildman–Crippen LogP) is 1.08. The third-order valence-electron chi connectivity index (χ3n) is 4.95. The summed E-state index contributed by atoms with van der Waals surface area (Å²) in [6.45, 7) is 6.60. The molecule has 3 rings (SSSR count). The molecule has 0 aromatic carbocycles. The van der Waals surface area contributed by atoms with Gasteiger partial charge < -0.3 is 14.2 Å². The maximum absolute atomic E-state index is 13.0. The van der Waals surface area contributed by atoms with Crippen LogP contribution >= 0.6 is 0 Å². The lowest BCUT2D eigenvalue weighted by Gasteiger charge is -2.32. The van der Waals surface area contributed by atoms with Crippen molar-refractivity contribution in [3.8, 4) is 0 Å². The van der Waals surface area contributed by atoms with Gasteiger partial charge in [0.15, 0.2) is 5.78 Å². The molecule has 7 nitrogen and oxygen atoms in total. The van der Waals surface area contributed by atoms with Crippen LogP contribution < -0.4 is 5.56 Å². The number of amides is 1. The number of carbonyl (C=O) groups is 3. The first-order chi connectivity index (χ1) is 11.4. The molecule has 1 amide bonds. The van der Waals surface area contributed by atoms with Crippen LogP contribution in [0, 0.1) is 0 Å². The van der Waals surface area contributed by atoms with Gasteiger partial charge in [0.2, 0.25) is 5.60 Å². The number of likely N-dealkylation sites (N-methyl/N-ethyl adjacent to an activating group) is 1. The molecular formula is C17H20N2O5. The van der Waals surface area contributed by atoms with E-state index < -0.39 is 17.1 Å². The molecular weight excluding hydrogens is 312 g/mol. The highest BCUT2D eigenvalue weighted by Crippen LogP contribution is 2.40. The summed E-state index contributed by atoms with van der Waals surface area (Å²) in [5.74, 6) is -1.29. The van der Waals surface area contributed by atoms with Gasteiger partial charge in [0, 0.05) is 31.6 Å². The molecule has 2 aliphatic heterocycles. The fourth-order valence-corrected chi connectivity index (χ4v) is 3.56. The number of carbonyl (C=O) groups excluding carboxylic acids is 3. The second-order valence-corrected chi connectivity index (χ2v) is 6.00. The van der Waals surface area contributed by atoms with Gasteiger partial charge in [0.25, 0.3) is 11.5 Å². The highest BCUT2D eigenvalue weighted by molar-refractivity contribution is 6.04. The zero-order chi connectivity index (χ0) is 17.6. The molecule has 1 aromatic rings. The summed E-state index contributed by atoms with van der Waals surface area (Å²) in [6.07, 6.45) is 0.439. The Balaban J connectivity index is 2.26. The second-order valence-electron chi connectivity index (χ2n) is 6.00. The molecule has 0 N–H and O–H groups in total. The molecule has 0 spiro atoms. The minimum absolute atomic E-state index is 0.115. The van der Waals surface area contributed by atoms with E-state index in [0.717, 1.165) is 0 Å². The van der Waals surface area contributed by atoms with Crippen molar-refractivity contribution in [2.45, 2.75) is 45.8 Å². The van der Waals surface area contributed by atoms with Crippen molar-refractivity contribution >= 4 is 17.7 Å². The predicted molar refractivity (Wildman–Crippen MR) is 85.0 cm³/mol. The zero-order valence-corrected chi connectivity index (χ0v) is 14.0. The fraction of sp³-hybridized carbons (Fsp3) is 0.529. The number of Topliss-reactive ketones (excluding diaryl/α,β-unsaturated/α-hetero) is 1. The average Bonchev–Trinajstić information content (AvgIpc) is 3.08. The van der Waals surface area contributed by atoms with Gasteiger partial charge in [0.1, 0.15) is 5.56 Å². The van der Waals surface area contributed by atoms with Gasteiger partial charge in [-0.05, 0) is 26.3 Å². The van der Waals surface area contributed by atoms with E-state index in [1.807, 2.05) is 13.8 Å². The molecule has 2 aliphatic rings. The number of pyridine rings is 1. The smallest absolute Gasteiger partial charge is 0.345 e. The van der Waals surface area contributed by atoms with Crippen LogP contribution in [0.5, 0.6) is 0 Å². The van der Waals surface area contributed by atoms with Crippen molar-refractivity contribution in [2.24, 2.45) is 0 Å². The summed E-state index contributed by atoms with van der Waals surface area (Å²) in [5.41, 5.74) is -1.69. The Kier molecular flexibility index (Phi) is 3.81. The highest BCUT2D eigenvalue weighted by Gasteiger charge is 2.54. The average molecular weight is 332 g/mol. The first-order valence-electron chi connectivity index (χ1n) is 8.25. The molecule has 1 unspecified atom stereocenters. The van der Waals surface area contributed by atoms with Crippen LogP contribution in [-0.4, -0.2) is 40.2 Å². The van der Waals surface area contributed by atoms with Crippen molar-refractivity contribution in [3.63, 3.8) is 0 Å². The Morgan fingerprint density at radius 3 is 2.50 bits per heavy atom. The van der Waals surface area contributed by atoms with Crippen LogP contribution in [0.3, 0.4) is 0 Å². The molecule has 0 saturated carbocycles. The van der Waals surface area contributed by atoms with Gasteiger partial charge in [-0.15, -0.1) is 0 Å². The van der Waals surface area contributed by atoms with Gasteiger partial charge in [-0.25, -0.2) is 4.79 Å². The molecule has 0 radical (unpaired) electrons. The quantitative estimate of drug-likeness (QED) is 0.770. The number of rotatable bonds is 4. The molecule has 0 fully saturated rings. The first-order valence-corrected chi connectivity index (χ1v) is 8.25. The van der Waals surface area contributed by atoms with Crippen LogP contribution in [-0.2, 0) is 21.7 Å². The van der Waals surface area contributed by atoms with E-state index in [2.05, 4.69) is 0 Å². The summed E-state index contributed by atoms with van der Waals surface area (Å²) in [6, 6.07) is 1.50. The first kappa shape index (κ1) is 16.4. The van der Waals surface area contributed by atoms with Crippen molar-refractivity contribution < 1.29 is 19.1 Å². The number of cyclic esters (lactones) is 1. The molecule has 0 aliphatic carbocycles. The van der Waals surface area contributed by atoms with E-state index in [1.54, 1.807) is 11.8 Å². The number of aromatic nitrogens is 1. The Morgan fingerprint density at radius 1 is 1.25 bits per heavy atom. The standard InChI is InChI=1S/C17H20N2O5/c1-4-17(16(23)18(5-2)6-3)10-9-11-12(20)7-8-19(11)14(21)13(10)15(22)24-17/h9H,4-8H2,1-3H3. The van der Waals surface area contributed by atoms with E-state index >= 15 is 0 Å². The molecule has 24 heavy (non-hydrogen) atoms. The van der Waals surface area contributed by atoms with Gasteiger partial charge in [-0.1, -0.05) is 6.92 Å². The van der Waals surface area contributed by atoms with Crippen molar-refractivity contribution in [3.05, 3.63) is 33.2 Å². The molecule has 3 heterocycles. The van der Waals surface area contributed by atoms with Crippen molar-refractivity contribution in [1.29, 1.82) is 0 Å². The number of esters is 1. The van der Waals surface area contributed by atoms with E-state index in [0.29, 0.717) is 13.1 Å². The van der Waals surface area contributed by atoms with Crippen LogP contribution in [0.25, 0.3) is 0 Å². The monoisotopic (exact) mass is 332 g/mol. The maximum Gasteiger partial charge on any atom is 0.345 e. The fourth-order valence-electron chi connectivity index (χ4n) is 3.56. The lowest BCUT2D eigenvalue weighted by atomic mass is 9.88. The van der Waals surface area contributed by atoms with Gasteiger partial charge >= 0.3 is 5.97 Å². The van der Waals surface area contributed by atoms with Crippen LogP contribution in [0.4, 0.5) is 0 Å². The van der Waals surface area contributed by atoms with Crippen LogP contribution in [0.1, 0.15) is 60.0 Å². The lowest BCUT2D eigenvalue weighted by Crippen LogP contribution is -2.47. The minimum atomic E-state index is -1.52. The maximum atomic E-state index is 13.0. The zero-order valence-electron chi connectivity index (χ0n) is 14.0. The van der Waals surface area contributed by atoms with Crippen LogP contribution in [0.15, 0.2) is 10.9 Å². The van der Waals surface area contributed by atoms with E-state index in [9.17, 15) is 19.2 Å². The summed E-state index contributed by atoms with van der Waals surface area (Å²) in [7, 11) is 0. The van der Waals surface area contributed by atoms with Crippen molar-refractivity contribution in [1.82, 2.24) is 9.47 Å². The SMILES string of the molecule is CCN(CC)C(=O)C1(CC)OC(=O)c2c1cc1n(c2=O)CCC1=O. The molecule has 0 saturated heterocycles. The third kappa shape index (κ3) is 1.96. The number of fused-ring (bicyclic) bond motifs is 2.